The predicted molar refractivity (Wildman–Crippen MR) is 57.8 cm³/mol. The molecule has 1 aromatic heterocycles. The number of aromatic nitrogens is 2. The molecule has 0 atom stereocenters. The van der Waals surface area contributed by atoms with Gasteiger partial charge >= 0.3 is 0 Å². The maximum absolute atomic E-state index is 4.48. The molecule has 1 fully saturated rings. The Morgan fingerprint density at radius 1 is 1.36 bits per heavy atom. The van der Waals surface area contributed by atoms with Crippen molar-refractivity contribution in [2.45, 2.75) is 19.8 Å². The molecule has 0 spiro atoms. The molecule has 14 heavy (non-hydrogen) atoms. The van der Waals surface area contributed by atoms with E-state index in [1.54, 1.807) is 0 Å². The van der Waals surface area contributed by atoms with Gasteiger partial charge in [-0.2, -0.15) is 4.98 Å². The highest BCUT2D eigenvalue weighted by Gasteiger charge is 2.16. The SMILES string of the molecule is CNc1ncc(C)c(N2CCCC2)n1. The zero-order chi connectivity index (χ0) is 9.97. The van der Waals surface area contributed by atoms with Gasteiger partial charge in [-0.25, -0.2) is 4.98 Å². The lowest BCUT2D eigenvalue weighted by Gasteiger charge is -2.18. The first-order chi connectivity index (χ1) is 6.81. The molecule has 1 aromatic rings. The summed E-state index contributed by atoms with van der Waals surface area (Å²) >= 11 is 0. The van der Waals surface area contributed by atoms with Crippen LogP contribution in [0.4, 0.5) is 11.8 Å². The molecule has 76 valence electrons. The van der Waals surface area contributed by atoms with E-state index in [0.29, 0.717) is 5.95 Å². The minimum absolute atomic E-state index is 0.706. The molecule has 0 radical (unpaired) electrons. The highest BCUT2D eigenvalue weighted by atomic mass is 15.2. The van der Waals surface area contributed by atoms with Crippen molar-refractivity contribution in [3.63, 3.8) is 0 Å². The second kappa shape index (κ2) is 3.82. The minimum Gasteiger partial charge on any atom is -0.357 e. The van der Waals surface area contributed by atoms with Crippen LogP contribution in [-0.4, -0.2) is 30.1 Å². The van der Waals surface area contributed by atoms with Gasteiger partial charge in [0.25, 0.3) is 0 Å². The summed E-state index contributed by atoms with van der Waals surface area (Å²) in [5, 5.41) is 2.97. The first kappa shape index (κ1) is 9.24. The Morgan fingerprint density at radius 3 is 2.71 bits per heavy atom. The monoisotopic (exact) mass is 192 g/mol. The molecule has 1 N–H and O–H groups in total. The quantitative estimate of drug-likeness (QED) is 0.769. The Kier molecular flexibility index (Phi) is 2.52. The van der Waals surface area contributed by atoms with Crippen molar-refractivity contribution >= 4 is 11.8 Å². The van der Waals surface area contributed by atoms with E-state index in [0.717, 1.165) is 24.5 Å². The Labute approximate surface area is 84.4 Å². The van der Waals surface area contributed by atoms with Gasteiger partial charge in [0.2, 0.25) is 5.95 Å². The molecule has 1 saturated heterocycles. The van der Waals surface area contributed by atoms with Crippen molar-refractivity contribution in [2.75, 3.05) is 30.4 Å². The third kappa shape index (κ3) is 1.64. The van der Waals surface area contributed by atoms with E-state index in [1.165, 1.54) is 12.8 Å². The largest absolute Gasteiger partial charge is 0.357 e. The summed E-state index contributed by atoms with van der Waals surface area (Å²) in [7, 11) is 1.85. The Hall–Kier alpha value is -1.32. The van der Waals surface area contributed by atoms with Gasteiger partial charge in [-0.1, -0.05) is 0 Å². The van der Waals surface area contributed by atoms with Gasteiger partial charge < -0.3 is 10.2 Å². The zero-order valence-electron chi connectivity index (χ0n) is 8.75. The molecule has 4 heteroatoms. The Morgan fingerprint density at radius 2 is 2.07 bits per heavy atom. The molecule has 4 nitrogen and oxygen atoms in total. The van der Waals surface area contributed by atoms with Gasteiger partial charge in [0.15, 0.2) is 0 Å². The van der Waals surface area contributed by atoms with E-state index in [9.17, 15) is 0 Å². The molecule has 2 heterocycles. The second-order valence-corrected chi connectivity index (χ2v) is 3.64. The van der Waals surface area contributed by atoms with Crippen LogP contribution in [0.2, 0.25) is 0 Å². The van der Waals surface area contributed by atoms with Crippen molar-refractivity contribution in [2.24, 2.45) is 0 Å². The summed E-state index contributed by atoms with van der Waals surface area (Å²) in [4.78, 5) is 11.0. The average molecular weight is 192 g/mol. The number of nitrogens with zero attached hydrogens (tertiary/aromatic N) is 3. The summed E-state index contributed by atoms with van der Waals surface area (Å²) in [6.07, 6.45) is 4.43. The highest BCUT2D eigenvalue weighted by Crippen LogP contribution is 2.21. The van der Waals surface area contributed by atoms with Crippen LogP contribution in [0.1, 0.15) is 18.4 Å². The van der Waals surface area contributed by atoms with E-state index in [-0.39, 0.29) is 0 Å². The molecule has 0 aliphatic carbocycles. The van der Waals surface area contributed by atoms with Crippen LogP contribution >= 0.6 is 0 Å². The highest BCUT2D eigenvalue weighted by molar-refractivity contribution is 5.49. The number of hydrogen-bond donors (Lipinski definition) is 1. The maximum atomic E-state index is 4.48. The summed E-state index contributed by atoms with van der Waals surface area (Å²) in [6, 6.07) is 0. The lowest BCUT2D eigenvalue weighted by atomic mass is 10.3. The molecular weight excluding hydrogens is 176 g/mol. The van der Waals surface area contributed by atoms with Crippen molar-refractivity contribution in [1.29, 1.82) is 0 Å². The van der Waals surface area contributed by atoms with Gasteiger partial charge in [0, 0.05) is 31.9 Å². The van der Waals surface area contributed by atoms with E-state index < -0.39 is 0 Å². The molecule has 0 aromatic carbocycles. The summed E-state index contributed by atoms with van der Waals surface area (Å²) < 4.78 is 0. The van der Waals surface area contributed by atoms with Crippen LogP contribution in [0.25, 0.3) is 0 Å². The normalized spacial score (nSPS) is 16.0. The van der Waals surface area contributed by atoms with Crippen LogP contribution < -0.4 is 10.2 Å². The topological polar surface area (TPSA) is 41.1 Å². The lowest BCUT2D eigenvalue weighted by molar-refractivity contribution is 0.917. The van der Waals surface area contributed by atoms with Gasteiger partial charge in [-0.15, -0.1) is 0 Å². The lowest BCUT2D eigenvalue weighted by Crippen LogP contribution is -2.20. The first-order valence-electron chi connectivity index (χ1n) is 5.07. The fourth-order valence-electron chi connectivity index (χ4n) is 1.80. The molecule has 0 unspecified atom stereocenters. The standard InChI is InChI=1S/C10H16N4/c1-8-7-12-10(11-2)13-9(8)14-5-3-4-6-14/h7H,3-6H2,1-2H3,(H,11,12,13). The van der Waals surface area contributed by atoms with Gasteiger partial charge in [-0.05, 0) is 19.8 Å². The molecule has 0 bridgehead atoms. The summed E-state index contributed by atoms with van der Waals surface area (Å²) in [5.74, 6) is 1.79. The van der Waals surface area contributed by atoms with E-state index in [2.05, 4.69) is 27.1 Å². The van der Waals surface area contributed by atoms with Gasteiger partial charge in [0.1, 0.15) is 5.82 Å². The minimum atomic E-state index is 0.706. The Balaban J connectivity index is 2.29. The molecule has 2 rings (SSSR count). The predicted octanol–water partition coefficient (Wildman–Crippen LogP) is 1.43. The van der Waals surface area contributed by atoms with Crippen LogP contribution in [-0.2, 0) is 0 Å². The van der Waals surface area contributed by atoms with E-state index in [1.807, 2.05) is 13.2 Å². The number of rotatable bonds is 2. The van der Waals surface area contributed by atoms with Crippen molar-refractivity contribution in [3.05, 3.63) is 11.8 Å². The molecule has 1 aliphatic heterocycles. The number of anilines is 2. The molecule has 0 amide bonds. The molecule has 1 aliphatic rings. The van der Waals surface area contributed by atoms with Gasteiger partial charge in [0.05, 0.1) is 0 Å². The second-order valence-electron chi connectivity index (χ2n) is 3.64. The van der Waals surface area contributed by atoms with Crippen LogP contribution in [0.15, 0.2) is 6.20 Å². The number of aryl methyl sites for hydroxylation is 1. The Bertz CT molecular complexity index is 318. The van der Waals surface area contributed by atoms with E-state index >= 15 is 0 Å². The third-order valence-electron chi connectivity index (χ3n) is 2.57. The van der Waals surface area contributed by atoms with Crippen LogP contribution in [0.5, 0.6) is 0 Å². The zero-order valence-corrected chi connectivity index (χ0v) is 8.75. The van der Waals surface area contributed by atoms with Crippen molar-refractivity contribution in [3.8, 4) is 0 Å². The van der Waals surface area contributed by atoms with Crippen molar-refractivity contribution < 1.29 is 0 Å². The molecular formula is C10H16N4. The maximum Gasteiger partial charge on any atom is 0.224 e. The first-order valence-corrected chi connectivity index (χ1v) is 5.07. The number of nitrogens with one attached hydrogen (secondary N) is 1. The summed E-state index contributed by atoms with van der Waals surface area (Å²) in [5.41, 5.74) is 1.16. The smallest absolute Gasteiger partial charge is 0.224 e. The fraction of sp³-hybridized carbons (Fsp3) is 0.600. The van der Waals surface area contributed by atoms with Crippen LogP contribution in [0.3, 0.4) is 0 Å². The average Bonchev–Trinajstić information content (AvgIpc) is 2.71. The summed E-state index contributed by atoms with van der Waals surface area (Å²) in [6.45, 7) is 4.31. The number of hydrogen-bond acceptors (Lipinski definition) is 4. The van der Waals surface area contributed by atoms with Gasteiger partial charge in [-0.3, -0.25) is 0 Å². The fourth-order valence-corrected chi connectivity index (χ4v) is 1.80. The van der Waals surface area contributed by atoms with Crippen molar-refractivity contribution in [1.82, 2.24) is 9.97 Å². The van der Waals surface area contributed by atoms with Crippen LogP contribution in [0, 0.1) is 6.92 Å². The molecule has 0 saturated carbocycles. The third-order valence-corrected chi connectivity index (χ3v) is 2.57. The van der Waals surface area contributed by atoms with E-state index in [4.69, 9.17) is 0 Å².